The van der Waals surface area contributed by atoms with E-state index in [2.05, 4.69) is 46.6 Å². The lowest BCUT2D eigenvalue weighted by atomic mass is 9.98. The van der Waals surface area contributed by atoms with E-state index in [-0.39, 0.29) is 11.4 Å². The maximum Gasteiger partial charge on any atom is 0.321 e. The first kappa shape index (κ1) is 15.4. The van der Waals surface area contributed by atoms with E-state index < -0.39 is 0 Å². The number of amides is 2. The van der Waals surface area contributed by atoms with Gasteiger partial charge in [-0.3, -0.25) is 10.3 Å². The van der Waals surface area contributed by atoms with E-state index >= 15 is 0 Å². The summed E-state index contributed by atoms with van der Waals surface area (Å²) in [5.74, 6) is 0. The Bertz CT molecular complexity index is 632. The molecule has 7 heteroatoms. The summed E-state index contributed by atoms with van der Waals surface area (Å²) in [5, 5.41) is 14.9. The second-order valence-corrected chi connectivity index (χ2v) is 6.72. The molecule has 6 nitrogen and oxygen atoms in total. The fourth-order valence-electron chi connectivity index (χ4n) is 1.59. The summed E-state index contributed by atoms with van der Waals surface area (Å²) < 4.78 is 0. The minimum atomic E-state index is -0.310. The number of pyridine rings is 1. The van der Waals surface area contributed by atoms with Crippen LogP contribution in [0.15, 0.2) is 18.2 Å². The molecule has 2 rings (SSSR count). The second kappa shape index (κ2) is 6.17. The Labute approximate surface area is 128 Å². The van der Waals surface area contributed by atoms with E-state index in [1.165, 1.54) is 11.3 Å². The van der Waals surface area contributed by atoms with Crippen molar-refractivity contribution in [2.75, 3.05) is 5.32 Å². The highest BCUT2D eigenvalue weighted by molar-refractivity contribution is 7.15. The van der Waals surface area contributed by atoms with Crippen LogP contribution < -0.4 is 10.6 Å². The lowest BCUT2D eigenvalue weighted by Crippen LogP contribution is -2.28. The van der Waals surface area contributed by atoms with Crippen molar-refractivity contribution in [1.82, 2.24) is 20.5 Å². The normalized spacial score (nSPS) is 11.2. The van der Waals surface area contributed by atoms with Crippen LogP contribution in [-0.2, 0) is 12.0 Å². The van der Waals surface area contributed by atoms with Crippen molar-refractivity contribution >= 4 is 22.5 Å². The molecule has 2 aromatic rings. The maximum absolute atomic E-state index is 11.8. The molecular weight excluding hydrogens is 286 g/mol. The lowest BCUT2D eigenvalue weighted by molar-refractivity contribution is 0.251. The van der Waals surface area contributed by atoms with Crippen LogP contribution in [-0.4, -0.2) is 21.2 Å². The molecule has 0 fully saturated rings. The molecule has 0 saturated carbocycles. The van der Waals surface area contributed by atoms with Crippen molar-refractivity contribution < 1.29 is 4.79 Å². The predicted molar refractivity (Wildman–Crippen MR) is 83.4 cm³/mol. The minimum Gasteiger partial charge on any atom is -0.332 e. The third-order valence-electron chi connectivity index (χ3n) is 2.66. The fraction of sp³-hybridized carbons (Fsp3) is 0.429. The van der Waals surface area contributed by atoms with Crippen LogP contribution in [0.5, 0.6) is 0 Å². The molecule has 0 radical (unpaired) electrons. The summed E-state index contributed by atoms with van der Waals surface area (Å²) in [4.78, 5) is 16.1. The van der Waals surface area contributed by atoms with Gasteiger partial charge in [-0.1, -0.05) is 38.2 Å². The molecular formula is C14H19N5OS. The summed E-state index contributed by atoms with van der Waals surface area (Å²) in [7, 11) is 0. The SMILES string of the molecule is Cc1cccc(CNC(=O)Nc2nnc(C(C)(C)C)s2)n1. The number of carbonyl (C=O) groups is 1. The molecule has 0 saturated heterocycles. The maximum atomic E-state index is 11.8. The van der Waals surface area contributed by atoms with Gasteiger partial charge in [0.1, 0.15) is 5.01 Å². The third-order valence-corrected chi connectivity index (χ3v) is 3.93. The first-order valence-corrected chi connectivity index (χ1v) is 7.47. The van der Waals surface area contributed by atoms with Gasteiger partial charge in [-0.2, -0.15) is 0 Å². The summed E-state index contributed by atoms with van der Waals surface area (Å²) in [6.07, 6.45) is 0. The molecule has 2 N–H and O–H groups in total. The summed E-state index contributed by atoms with van der Waals surface area (Å²) in [6.45, 7) is 8.46. The van der Waals surface area contributed by atoms with E-state index in [0.717, 1.165) is 16.4 Å². The molecule has 0 aliphatic carbocycles. The van der Waals surface area contributed by atoms with Crippen LogP contribution in [0, 0.1) is 6.92 Å². The van der Waals surface area contributed by atoms with Crippen molar-refractivity contribution in [2.24, 2.45) is 0 Å². The van der Waals surface area contributed by atoms with Gasteiger partial charge in [-0.05, 0) is 19.1 Å². The Hall–Kier alpha value is -2.02. The number of anilines is 1. The Balaban J connectivity index is 1.89. The topological polar surface area (TPSA) is 79.8 Å². The molecule has 0 bridgehead atoms. The standard InChI is InChI=1S/C14H19N5OS/c1-9-6-5-7-10(16-9)8-15-12(20)17-13-19-18-11(21-13)14(2,3)4/h5-7H,8H2,1-4H3,(H2,15,17,19,20). The van der Waals surface area contributed by atoms with Gasteiger partial charge in [0.05, 0.1) is 12.2 Å². The highest BCUT2D eigenvalue weighted by Crippen LogP contribution is 2.27. The van der Waals surface area contributed by atoms with Gasteiger partial charge >= 0.3 is 6.03 Å². The van der Waals surface area contributed by atoms with E-state index in [0.29, 0.717) is 11.7 Å². The van der Waals surface area contributed by atoms with Crippen LogP contribution in [0.1, 0.15) is 37.2 Å². The summed E-state index contributed by atoms with van der Waals surface area (Å²) >= 11 is 1.38. The number of aromatic nitrogens is 3. The molecule has 21 heavy (non-hydrogen) atoms. The van der Waals surface area contributed by atoms with E-state index in [1.807, 2.05) is 25.1 Å². The van der Waals surface area contributed by atoms with Crippen LogP contribution >= 0.6 is 11.3 Å². The van der Waals surface area contributed by atoms with Crippen LogP contribution in [0.25, 0.3) is 0 Å². The number of aryl methyl sites for hydroxylation is 1. The lowest BCUT2D eigenvalue weighted by Gasteiger charge is -2.12. The molecule has 0 aliphatic heterocycles. The highest BCUT2D eigenvalue weighted by atomic mass is 32.1. The third kappa shape index (κ3) is 4.49. The Morgan fingerprint density at radius 2 is 2.05 bits per heavy atom. The molecule has 0 unspecified atom stereocenters. The zero-order valence-electron chi connectivity index (χ0n) is 12.6. The number of hydrogen-bond acceptors (Lipinski definition) is 5. The predicted octanol–water partition coefficient (Wildman–Crippen LogP) is 2.86. The zero-order chi connectivity index (χ0) is 15.5. The van der Waals surface area contributed by atoms with Gasteiger partial charge in [0.25, 0.3) is 0 Å². The molecule has 0 spiro atoms. The number of rotatable bonds is 3. The van der Waals surface area contributed by atoms with Crippen molar-refractivity contribution in [3.8, 4) is 0 Å². The first-order chi connectivity index (χ1) is 9.84. The van der Waals surface area contributed by atoms with E-state index in [1.54, 1.807) is 0 Å². The average molecular weight is 305 g/mol. The van der Waals surface area contributed by atoms with Gasteiger partial charge in [0, 0.05) is 11.1 Å². The Morgan fingerprint density at radius 3 is 2.67 bits per heavy atom. The number of nitrogens with zero attached hydrogens (tertiary/aromatic N) is 3. The highest BCUT2D eigenvalue weighted by Gasteiger charge is 2.19. The van der Waals surface area contributed by atoms with Crippen molar-refractivity contribution in [2.45, 2.75) is 39.7 Å². The molecule has 0 aliphatic rings. The van der Waals surface area contributed by atoms with E-state index in [9.17, 15) is 4.79 Å². The molecule has 0 atom stereocenters. The zero-order valence-corrected chi connectivity index (χ0v) is 13.4. The Morgan fingerprint density at radius 1 is 1.29 bits per heavy atom. The largest absolute Gasteiger partial charge is 0.332 e. The smallest absolute Gasteiger partial charge is 0.321 e. The number of urea groups is 1. The van der Waals surface area contributed by atoms with E-state index in [4.69, 9.17) is 0 Å². The first-order valence-electron chi connectivity index (χ1n) is 6.66. The molecule has 112 valence electrons. The van der Waals surface area contributed by atoms with Gasteiger partial charge in [0.2, 0.25) is 5.13 Å². The molecule has 2 heterocycles. The quantitative estimate of drug-likeness (QED) is 0.914. The fourth-order valence-corrected chi connectivity index (χ4v) is 2.38. The van der Waals surface area contributed by atoms with Gasteiger partial charge in [-0.25, -0.2) is 4.79 Å². The van der Waals surface area contributed by atoms with Crippen molar-refractivity contribution in [3.05, 3.63) is 34.6 Å². The molecule has 2 aromatic heterocycles. The summed E-state index contributed by atoms with van der Waals surface area (Å²) in [5.41, 5.74) is 1.67. The number of nitrogens with one attached hydrogen (secondary N) is 2. The Kier molecular flexibility index (Phi) is 4.52. The van der Waals surface area contributed by atoms with Crippen LogP contribution in [0.3, 0.4) is 0 Å². The monoisotopic (exact) mass is 305 g/mol. The summed E-state index contributed by atoms with van der Waals surface area (Å²) in [6, 6.07) is 5.39. The van der Waals surface area contributed by atoms with Crippen molar-refractivity contribution in [3.63, 3.8) is 0 Å². The molecule has 0 aromatic carbocycles. The van der Waals surface area contributed by atoms with Gasteiger partial charge < -0.3 is 5.32 Å². The second-order valence-electron chi connectivity index (χ2n) is 5.74. The average Bonchev–Trinajstić information content (AvgIpc) is 2.85. The molecule has 2 amide bonds. The van der Waals surface area contributed by atoms with Gasteiger partial charge in [-0.15, -0.1) is 10.2 Å². The number of hydrogen-bond donors (Lipinski definition) is 2. The van der Waals surface area contributed by atoms with Crippen molar-refractivity contribution in [1.29, 1.82) is 0 Å². The van der Waals surface area contributed by atoms with Gasteiger partial charge in [0.15, 0.2) is 0 Å². The number of carbonyl (C=O) groups excluding carboxylic acids is 1. The van der Waals surface area contributed by atoms with Crippen LogP contribution in [0.2, 0.25) is 0 Å². The minimum absolute atomic E-state index is 0.0699. The van der Waals surface area contributed by atoms with Crippen LogP contribution in [0.4, 0.5) is 9.93 Å².